The minimum absolute atomic E-state index is 0.812. The number of fused-ring (bicyclic) bond motifs is 1. The Morgan fingerprint density at radius 2 is 2.17 bits per heavy atom. The van der Waals surface area contributed by atoms with Crippen molar-refractivity contribution in [2.75, 3.05) is 39.3 Å². The van der Waals surface area contributed by atoms with Crippen molar-refractivity contribution in [3.63, 3.8) is 0 Å². The standard InChI is InChI=1S/C9H19N3/c10-3-5-11-6-7-12-4-1-2-9(12)8-11/h9H,1-8,10H2/t9-/m1/s1. The summed E-state index contributed by atoms with van der Waals surface area (Å²) in [5.74, 6) is 0. The van der Waals surface area contributed by atoms with Gasteiger partial charge in [0.1, 0.15) is 0 Å². The maximum absolute atomic E-state index is 5.54. The van der Waals surface area contributed by atoms with Crippen LogP contribution in [0.4, 0.5) is 0 Å². The van der Waals surface area contributed by atoms with Crippen LogP contribution >= 0.6 is 0 Å². The summed E-state index contributed by atoms with van der Waals surface area (Å²) in [4.78, 5) is 5.14. The molecule has 2 aliphatic heterocycles. The molecule has 0 spiro atoms. The lowest BCUT2D eigenvalue weighted by Gasteiger charge is -2.37. The molecule has 2 heterocycles. The number of piperazine rings is 1. The molecular formula is C9H19N3. The van der Waals surface area contributed by atoms with Crippen molar-refractivity contribution in [3.05, 3.63) is 0 Å². The minimum atomic E-state index is 0.812. The summed E-state index contributed by atoms with van der Waals surface area (Å²) in [5.41, 5.74) is 5.54. The Kier molecular flexibility index (Phi) is 2.63. The van der Waals surface area contributed by atoms with E-state index in [1.54, 1.807) is 0 Å². The molecule has 3 heteroatoms. The maximum Gasteiger partial charge on any atom is 0.0224 e. The summed E-state index contributed by atoms with van der Waals surface area (Å²) >= 11 is 0. The van der Waals surface area contributed by atoms with E-state index in [9.17, 15) is 0 Å². The van der Waals surface area contributed by atoms with Crippen LogP contribution in [-0.4, -0.2) is 55.1 Å². The van der Waals surface area contributed by atoms with Crippen LogP contribution in [-0.2, 0) is 0 Å². The highest BCUT2D eigenvalue weighted by Gasteiger charge is 2.29. The summed E-state index contributed by atoms with van der Waals surface area (Å²) in [5, 5.41) is 0. The van der Waals surface area contributed by atoms with Gasteiger partial charge in [-0.25, -0.2) is 0 Å². The average molecular weight is 169 g/mol. The molecule has 1 atom stereocenters. The van der Waals surface area contributed by atoms with E-state index < -0.39 is 0 Å². The fourth-order valence-corrected chi connectivity index (χ4v) is 2.44. The minimum Gasteiger partial charge on any atom is -0.329 e. The van der Waals surface area contributed by atoms with Crippen molar-refractivity contribution in [2.24, 2.45) is 5.73 Å². The van der Waals surface area contributed by atoms with Crippen molar-refractivity contribution in [1.29, 1.82) is 0 Å². The van der Waals surface area contributed by atoms with Gasteiger partial charge in [0.15, 0.2) is 0 Å². The third kappa shape index (κ3) is 1.63. The second-order valence-electron chi connectivity index (χ2n) is 3.92. The molecule has 3 nitrogen and oxygen atoms in total. The molecule has 0 unspecified atom stereocenters. The van der Waals surface area contributed by atoms with E-state index in [4.69, 9.17) is 5.73 Å². The second-order valence-corrected chi connectivity index (χ2v) is 3.92. The SMILES string of the molecule is NCCN1CCN2CCC[C@@H]2C1. The van der Waals surface area contributed by atoms with E-state index in [-0.39, 0.29) is 0 Å². The third-order valence-electron chi connectivity index (χ3n) is 3.12. The van der Waals surface area contributed by atoms with Crippen molar-refractivity contribution < 1.29 is 0 Å². The molecule has 2 fully saturated rings. The van der Waals surface area contributed by atoms with Crippen molar-refractivity contribution >= 4 is 0 Å². The normalized spacial score (nSPS) is 32.2. The Hall–Kier alpha value is -0.120. The van der Waals surface area contributed by atoms with Gasteiger partial charge in [0.25, 0.3) is 0 Å². The van der Waals surface area contributed by atoms with Gasteiger partial charge in [-0.15, -0.1) is 0 Å². The third-order valence-corrected chi connectivity index (χ3v) is 3.12. The van der Waals surface area contributed by atoms with Crippen molar-refractivity contribution in [3.8, 4) is 0 Å². The molecule has 0 aromatic rings. The average Bonchev–Trinajstić information content (AvgIpc) is 2.51. The smallest absolute Gasteiger partial charge is 0.0224 e. The first-order valence-electron chi connectivity index (χ1n) is 5.06. The van der Waals surface area contributed by atoms with Gasteiger partial charge in [0.2, 0.25) is 0 Å². The lowest BCUT2D eigenvalue weighted by atomic mass is 10.1. The molecule has 12 heavy (non-hydrogen) atoms. The molecule has 2 aliphatic rings. The quantitative estimate of drug-likeness (QED) is 0.617. The zero-order valence-corrected chi connectivity index (χ0v) is 7.71. The van der Waals surface area contributed by atoms with Gasteiger partial charge in [-0.3, -0.25) is 9.80 Å². The Labute approximate surface area is 74.5 Å². The fraction of sp³-hybridized carbons (Fsp3) is 1.00. The molecular weight excluding hydrogens is 150 g/mol. The Morgan fingerprint density at radius 1 is 1.25 bits per heavy atom. The molecule has 0 aromatic carbocycles. The summed E-state index contributed by atoms with van der Waals surface area (Å²) in [6, 6.07) is 0.852. The summed E-state index contributed by atoms with van der Waals surface area (Å²) < 4.78 is 0. The molecule has 0 bridgehead atoms. The molecule has 0 aliphatic carbocycles. The first-order chi connectivity index (χ1) is 5.90. The summed E-state index contributed by atoms with van der Waals surface area (Å²) in [6.45, 7) is 6.99. The van der Waals surface area contributed by atoms with Crippen LogP contribution in [0.5, 0.6) is 0 Å². The largest absolute Gasteiger partial charge is 0.329 e. The van der Waals surface area contributed by atoms with Crippen LogP contribution in [0.15, 0.2) is 0 Å². The zero-order valence-electron chi connectivity index (χ0n) is 7.71. The Bertz CT molecular complexity index is 149. The number of rotatable bonds is 2. The van der Waals surface area contributed by atoms with Crippen LogP contribution in [0, 0.1) is 0 Å². The van der Waals surface area contributed by atoms with Gasteiger partial charge >= 0.3 is 0 Å². The van der Waals surface area contributed by atoms with E-state index >= 15 is 0 Å². The van der Waals surface area contributed by atoms with E-state index in [2.05, 4.69) is 9.80 Å². The number of nitrogens with two attached hydrogens (primary N) is 1. The van der Waals surface area contributed by atoms with E-state index in [0.29, 0.717) is 0 Å². The lowest BCUT2D eigenvalue weighted by Crippen LogP contribution is -2.51. The lowest BCUT2D eigenvalue weighted by molar-refractivity contribution is 0.107. The predicted octanol–water partition coefficient (Wildman–Crippen LogP) is -0.275. The topological polar surface area (TPSA) is 32.5 Å². The van der Waals surface area contributed by atoms with Crippen LogP contribution in [0.2, 0.25) is 0 Å². The van der Waals surface area contributed by atoms with Gasteiger partial charge in [0, 0.05) is 38.8 Å². The Morgan fingerprint density at radius 3 is 3.00 bits per heavy atom. The first-order valence-corrected chi connectivity index (χ1v) is 5.06. The second kappa shape index (κ2) is 3.73. The molecule has 2 N–H and O–H groups in total. The highest BCUT2D eigenvalue weighted by Crippen LogP contribution is 2.20. The van der Waals surface area contributed by atoms with Crippen molar-refractivity contribution in [2.45, 2.75) is 18.9 Å². The summed E-state index contributed by atoms with van der Waals surface area (Å²) in [6.07, 6.45) is 2.81. The van der Waals surface area contributed by atoms with Gasteiger partial charge in [-0.2, -0.15) is 0 Å². The molecule has 2 rings (SSSR count). The molecule has 70 valence electrons. The van der Waals surface area contributed by atoms with E-state index in [1.807, 2.05) is 0 Å². The summed E-state index contributed by atoms with van der Waals surface area (Å²) in [7, 11) is 0. The van der Waals surface area contributed by atoms with Gasteiger partial charge in [-0.1, -0.05) is 0 Å². The van der Waals surface area contributed by atoms with Gasteiger partial charge in [-0.05, 0) is 19.4 Å². The van der Waals surface area contributed by atoms with Crippen molar-refractivity contribution in [1.82, 2.24) is 9.80 Å². The first kappa shape index (κ1) is 8.48. The van der Waals surface area contributed by atoms with Crippen LogP contribution in [0.1, 0.15) is 12.8 Å². The molecule has 0 saturated carbocycles. The molecule has 0 amide bonds. The van der Waals surface area contributed by atoms with Crippen LogP contribution in [0.3, 0.4) is 0 Å². The van der Waals surface area contributed by atoms with E-state index in [1.165, 1.54) is 39.0 Å². The Balaban J connectivity index is 1.84. The monoisotopic (exact) mass is 169 g/mol. The molecule has 0 radical (unpaired) electrons. The predicted molar refractivity (Wildman–Crippen MR) is 50.1 cm³/mol. The van der Waals surface area contributed by atoms with Crippen LogP contribution < -0.4 is 5.73 Å². The number of nitrogens with zero attached hydrogens (tertiary/aromatic N) is 2. The number of hydrogen-bond donors (Lipinski definition) is 1. The van der Waals surface area contributed by atoms with Gasteiger partial charge in [0.05, 0.1) is 0 Å². The molecule has 2 saturated heterocycles. The van der Waals surface area contributed by atoms with Crippen LogP contribution in [0.25, 0.3) is 0 Å². The highest BCUT2D eigenvalue weighted by atomic mass is 15.3. The fourth-order valence-electron chi connectivity index (χ4n) is 2.44. The highest BCUT2D eigenvalue weighted by molar-refractivity contribution is 4.86. The van der Waals surface area contributed by atoms with E-state index in [0.717, 1.165) is 19.1 Å². The molecule has 0 aromatic heterocycles. The zero-order chi connectivity index (χ0) is 8.39. The number of hydrogen-bond acceptors (Lipinski definition) is 3. The maximum atomic E-state index is 5.54. The van der Waals surface area contributed by atoms with Gasteiger partial charge < -0.3 is 5.73 Å².